The van der Waals surface area contributed by atoms with Crippen LogP contribution in [0.15, 0.2) is 23.3 Å². The smallest absolute Gasteiger partial charge is 0.335 e. The van der Waals surface area contributed by atoms with Crippen molar-refractivity contribution in [3.05, 3.63) is 29.3 Å². The van der Waals surface area contributed by atoms with Crippen LogP contribution in [0, 0.1) is 0 Å². The van der Waals surface area contributed by atoms with Gasteiger partial charge in [0.15, 0.2) is 0 Å². The Labute approximate surface area is 90.2 Å². The van der Waals surface area contributed by atoms with Crippen LogP contribution in [0.3, 0.4) is 0 Å². The number of phenolic OH excluding ortho intramolecular Hbond substituents is 1. The molecule has 0 aliphatic heterocycles. The topological polar surface area (TPSA) is 125 Å². The van der Waals surface area contributed by atoms with Crippen LogP contribution in [0.1, 0.15) is 15.9 Å². The number of aromatic hydroxyl groups is 1. The summed E-state index contributed by atoms with van der Waals surface area (Å²) in [5, 5.41) is 21.5. The fourth-order valence-corrected chi connectivity index (χ4v) is 0.956. The van der Waals surface area contributed by atoms with Gasteiger partial charge < -0.3 is 15.9 Å². The van der Waals surface area contributed by atoms with Crippen LogP contribution in [-0.4, -0.2) is 28.4 Å². The highest BCUT2D eigenvalue weighted by atomic mass is 16.4. The Kier molecular flexibility index (Phi) is 3.44. The van der Waals surface area contributed by atoms with Gasteiger partial charge in [0.25, 0.3) is 0 Å². The number of hydrogen-bond acceptors (Lipinski definition) is 4. The van der Waals surface area contributed by atoms with Crippen molar-refractivity contribution in [1.82, 2.24) is 5.43 Å². The molecule has 0 aromatic heterocycles. The van der Waals surface area contributed by atoms with E-state index in [0.29, 0.717) is 0 Å². The summed E-state index contributed by atoms with van der Waals surface area (Å²) < 4.78 is 0. The standard InChI is InChI=1S/C9H9N3O4/c10-9(16)12-11-4-6-3-5(8(14)15)1-2-7(6)13/h1-4,13H,(H,14,15)(H3,10,12,16)/b11-4+. The fourth-order valence-electron chi connectivity index (χ4n) is 0.956. The van der Waals surface area contributed by atoms with E-state index < -0.39 is 12.0 Å². The lowest BCUT2D eigenvalue weighted by atomic mass is 10.1. The number of hydrogen-bond donors (Lipinski definition) is 4. The van der Waals surface area contributed by atoms with Crippen LogP contribution in [0.25, 0.3) is 0 Å². The van der Waals surface area contributed by atoms with E-state index in [9.17, 15) is 14.7 Å². The second kappa shape index (κ2) is 4.78. The number of primary amides is 1. The van der Waals surface area contributed by atoms with E-state index in [4.69, 9.17) is 10.8 Å². The summed E-state index contributed by atoms with van der Waals surface area (Å²) in [6, 6.07) is 2.82. The fraction of sp³-hybridized carbons (Fsp3) is 0. The third kappa shape index (κ3) is 2.98. The minimum atomic E-state index is -1.13. The Morgan fingerprint density at radius 3 is 2.69 bits per heavy atom. The van der Waals surface area contributed by atoms with Gasteiger partial charge in [0.2, 0.25) is 0 Å². The minimum absolute atomic E-state index is 0.00155. The number of nitrogens with zero attached hydrogens (tertiary/aromatic N) is 1. The molecule has 7 nitrogen and oxygen atoms in total. The molecule has 0 aliphatic rings. The van der Waals surface area contributed by atoms with Crippen molar-refractivity contribution in [1.29, 1.82) is 0 Å². The molecule has 84 valence electrons. The van der Waals surface area contributed by atoms with Crippen LogP contribution >= 0.6 is 0 Å². The summed E-state index contributed by atoms with van der Waals surface area (Å²) in [6.07, 6.45) is 1.09. The van der Waals surface area contributed by atoms with Gasteiger partial charge >= 0.3 is 12.0 Å². The molecule has 1 aromatic carbocycles. The zero-order valence-corrected chi connectivity index (χ0v) is 8.04. The summed E-state index contributed by atoms with van der Waals surface area (Å²) in [5.74, 6) is -1.28. The highest BCUT2D eigenvalue weighted by molar-refractivity contribution is 5.92. The number of carboxylic acid groups (broad SMARTS) is 1. The molecule has 2 amide bonds. The number of phenols is 1. The molecule has 7 heteroatoms. The molecule has 0 bridgehead atoms. The Morgan fingerprint density at radius 1 is 1.44 bits per heavy atom. The second-order valence-electron chi connectivity index (χ2n) is 2.81. The molecule has 0 saturated carbocycles. The van der Waals surface area contributed by atoms with Crippen LogP contribution in [0.2, 0.25) is 0 Å². The molecule has 0 heterocycles. The van der Waals surface area contributed by atoms with Crippen LogP contribution < -0.4 is 11.2 Å². The minimum Gasteiger partial charge on any atom is -0.507 e. The van der Waals surface area contributed by atoms with Crippen molar-refractivity contribution < 1.29 is 19.8 Å². The summed E-state index contributed by atoms with van der Waals surface area (Å²) >= 11 is 0. The lowest BCUT2D eigenvalue weighted by Gasteiger charge is -2.00. The van der Waals surface area contributed by atoms with Gasteiger partial charge in [0, 0.05) is 5.56 Å². The van der Waals surface area contributed by atoms with Crippen LogP contribution in [-0.2, 0) is 0 Å². The van der Waals surface area contributed by atoms with E-state index in [0.717, 1.165) is 6.21 Å². The number of nitrogens with one attached hydrogen (secondary N) is 1. The number of hydrazone groups is 1. The first-order valence-electron chi connectivity index (χ1n) is 4.15. The second-order valence-corrected chi connectivity index (χ2v) is 2.81. The normalized spacial score (nSPS) is 10.2. The molecule has 0 aliphatic carbocycles. The molecule has 0 spiro atoms. The molecule has 1 aromatic rings. The molecular formula is C9H9N3O4. The lowest BCUT2D eigenvalue weighted by molar-refractivity contribution is 0.0697. The molecule has 16 heavy (non-hydrogen) atoms. The Morgan fingerprint density at radius 2 is 2.12 bits per heavy atom. The maximum atomic E-state index is 10.6. The number of urea groups is 1. The van der Waals surface area contributed by atoms with E-state index in [1.54, 1.807) is 0 Å². The highest BCUT2D eigenvalue weighted by Crippen LogP contribution is 2.16. The first-order chi connectivity index (χ1) is 7.50. The summed E-state index contributed by atoms with van der Waals surface area (Å²) in [6.45, 7) is 0. The molecule has 5 N–H and O–H groups in total. The SMILES string of the molecule is NC(=O)N/N=C/c1cc(C(=O)O)ccc1O. The quantitative estimate of drug-likeness (QED) is 0.428. The van der Waals surface area contributed by atoms with Gasteiger partial charge in [-0.15, -0.1) is 0 Å². The Balaban J connectivity index is 2.94. The van der Waals surface area contributed by atoms with Gasteiger partial charge in [-0.2, -0.15) is 5.10 Å². The third-order valence-corrected chi connectivity index (χ3v) is 1.65. The van der Waals surface area contributed by atoms with Gasteiger partial charge in [-0.25, -0.2) is 15.0 Å². The number of carboxylic acids is 1. The van der Waals surface area contributed by atoms with Crippen molar-refractivity contribution in [3.63, 3.8) is 0 Å². The number of benzene rings is 1. The summed E-state index contributed by atoms with van der Waals surface area (Å²) in [7, 11) is 0. The zero-order chi connectivity index (χ0) is 12.1. The number of carbonyl (C=O) groups is 2. The van der Waals surface area contributed by atoms with E-state index >= 15 is 0 Å². The third-order valence-electron chi connectivity index (χ3n) is 1.65. The monoisotopic (exact) mass is 223 g/mol. The number of aromatic carboxylic acids is 1. The van der Waals surface area contributed by atoms with Crippen molar-refractivity contribution >= 4 is 18.2 Å². The molecule has 0 unspecified atom stereocenters. The van der Waals surface area contributed by atoms with Crippen LogP contribution in [0.5, 0.6) is 5.75 Å². The number of rotatable bonds is 3. The van der Waals surface area contributed by atoms with E-state index in [-0.39, 0.29) is 16.9 Å². The van der Waals surface area contributed by atoms with Gasteiger partial charge in [0.05, 0.1) is 11.8 Å². The first kappa shape index (κ1) is 11.5. The van der Waals surface area contributed by atoms with Crippen molar-refractivity contribution in [2.24, 2.45) is 10.8 Å². The van der Waals surface area contributed by atoms with Crippen LogP contribution in [0.4, 0.5) is 4.79 Å². The van der Waals surface area contributed by atoms with Gasteiger partial charge in [0.1, 0.15) is 5.75 Å². The average Bonchev–Trinajstić information content (AvgIpc) is 2.20. The van der Waals surface area contributed by atoms with Gasteiger partial charge in [-0.05, 0) is 18.2 Å². The first-order valence-corrected chi connectivity index (χ1v) is 4.15. The largest absolute Gasteiger partial charge is 0.507 e. The summed E-state index contributed by atoms with van der Waals surface area (Å²) in [4.78, 5) is 20.9. The van der Waals surface area contributed by atoms with Gasteiger partial charge in [-0.1, -0.05) is 0 Å². The lowest BCUT2D eigenvalue weighted by Crippen LogP contribution is -2.24. The molecule has 0 saturated heterocycles. The number of nitrogens with two attached hydrogens (primary N) is 1. The van der Waals surface area contributed by atoms with E-state index in [1.165, 1.54) is 18.2 Å². The average molecular weight is 223 g/mol. The summed E-state index contributed by atoms with van der Waals surface area (Å²) in [5.41, 5.74) is 6.83. The molecule has 0 atom stereocenters. The number of carbonyl (C=O) groups excluding carboxylic acids is 1. The maximum absolute atomic E-state index is 10.6. The number of amides is 2. The highest BCUT2D eigenvalue weighted by Gasteiger charge is 2.06. The van der Waals surface area contributed by atoms with Crippen molar-refractivity contribution in [2.45, 2.75) is 0 Å². The van der Waals surface area contributed by atoms with E-state index in [1.807, 2.05) is 5.43 Å². The predicted molar refractivity (Wildman–Crippen MR) is 55.4 cm³/mol. The predicted octanol–water partition coefficient (Wildman–Crippen LogP) is 0.0926. The van der Waals surface area contributed by atoms with Gasteiger partial charge in [-0.3, -0.25) is 0 Å². The molecular weight excluding hydrogens is 214 g/mol. The molecule has 0 radical (unpaired) electrons. The zero-order valence-electron chi connectivity index (χ0n) is 8.04. The van der Waals surface area contributed by atoms with Crippen molar-refractivity contribution in [3.8, 4) is 5.75 Å². The molecule has 1 rings (SSSR count). The molecule has 0 fully saturated rings. The van der Waals surface area contributed by atoms with E-state index in [2.05, 4.69) is 5.10 Å². The van der Waals surface area contributed by atoms with Crippen molar-refractivity contribution in [2.75, 3.05) is 0 Å². The Hall–Kier alpha value is -2.57. The maximum Gasteiger partial charge on any atom is 0.335 e. The Bertz CT molecular complexity index is 456.